The quantitative estimate of drug-likeness (QED) is 0.477. The van der Waals surface area contributed by atoms with E-state index in [0.29, 0.717) is 0 Å². The predicted octanol–water partition coefficient (Wildman–Crippen LogP) is 0.0988. The Kier molecular flexibility index (Phi) is 4.99. The molecule has 0 amide bonds. The van der Waals surface area contributed by atoms with Crippen molar-refractivity contribution in [1.82, 2.24) is 4.72 Å². The van der Waals surface area contributed by atoms with Crippen LogP contribution in [0.1, 0.15) is 13.3 Å². The molecular weight excluding hydrogens is 304 g/mol. The van der Waals surface area contributed by atoms with Crippen LogP contribution < -0.4 is 4.72 Å². The lowest BCUT2D eigenvalue weighted by Gasteiger charge is -2.21. The van der Waals surface area contributed by atoms with Crippen LogP contribution in [0.5, 0.6) is 0 Å². The number of carbonyl (C=O) groups is 1. The van der Waals surface area contributed by atoms with Crippen molar-refractivity contribution in [3.05, 3.63) is 34.4 Å². The van der Waals surface area contributed by atoms with Crippen LogP contribution in [0.2, 0.25) is 0 Å². The summed E-state index contributed by atoms with van der Waals surface area (Å²) in [5, 5.41) is 28.8. The normalized spacial score (nSPS) is 14.4. The number of aliphatic carboxylic acids is 1. The number of nitrogens with one attached hydrogen (secondary N) is 1. The maximum atomic E-state index is 11.9. The molecule has 0 bridgehead atoms. The highest BCUT2D eigenvalue weighted by Gasteiger charge is 2.27. The third kappa shape index (κ3) is 5.10. The van der Waals surface area contributed by atoms with Crippen molar-refractivity contribution in [3.63, 3.8) is 0 Å². The molecule has 1 unspecified atom stereocenters. The van der Waals surface area contributed by atoms with Crippen LogP contribution in [-0.4, -0.2) is 41.7 Å². The number of nitro groups is 1. The van der Waals surface area contributed by atoms with Crippen LogP contribution in [0, 0.1) is 10.1 Å². The molecule has 9 nitrogen and oxygen atoms in total. The van der Waals surface area contributed by atoms with Gasteiger partial charge in [-0.05, 0) is 19.1 Å². The molecule has 0 saturated heterocycles. The summed E-state index contributed by atoms with van der Waals surface area (Å²) in [5.74, 6) is -1.27. The summed E-state index contributed by atoms with van der Waals surface area (Å²) in [4.78, 5) is 20.1. The summed E-state index contributed by atoms with van der Waals surface area (Å²) in [7, 11) is -4.00. The monoisotopic (exact) mass is 318 g/mol. The number of aliphatic hydroxyl groups is 1. The molecule has 0 spiro atoms. The fourth-order valence-corrected chi connectivity index (χ4v) is 2.63. The Morgan fingerprint density at radius 1 is 1.38 bits per heavy atom. The number of benzene rings is 1. The van der Waals surface area contributed by atoms with Gasteiger partial charge in [0, 0.05) is 18.7 Å². The largest absolute Gasteiger partial charge is 0.481 e. The van der Waals surface area contributed by atoms with Crippen molar-refractivity contribution in [3.8, 4) is 0 Å². The summed E-state index contributed by atoms with van der Waals surface area (Å²) in [6.45, 7) is 0.679. The Hall–Kier alpha value is -2.04. The zero-order valence-corrected chi connectivity index (χ0v) is 11.8. The van der Waals surface area contributed by atoms with E-state index in [4.69, 9.17) is 5.11 Å². The number of non-ortho nitro benzene ring substituents is 1. The first kappa shape index (κ1) is 17.0. The number of hydrogen-bond donors (Lipinski definition) is 3. The van der Waals surface area contributed by atoms with E-state index in [1.807, 2.05) is 0 Å². The summed E-state index contributed by atoms with van der Waals surface area (Å²) in [5.41, 5.74) is -2.01. The third-order valence-electron chi connectivity index (χ3n) is 2.53. The molecule has 3 N–H and O–H groups in total. The van der Waals surface area contributed by atoms with Gasteiger partial charge in [0.1, 0.15) is 0 Å². The maximum Gasteiger partial charge on any atom is 0.306 e. The predicted molar refractivity (Wildman–Crippen MR) is 71.2 cm³/mol. The molecule has 0 aliphatic heterocycles. The molecule has 1 atom stereocenters. The van der Waals surface area contributed by atoms with Gasteiger partial charge in [0.05, 0.1) is 21.8 Å². The Morgan fingerprint density at radius 3 is 2.33 bits per heavy atom. The number of nitrogens with zero attached hydrogens (tertiary/aromatic N) is 1. The minimum Gasteiger partial charge on any atom is -0.481 e. The van der Waals surface area contributed by atoms with E-state index in [1.165, 1.54) is 6.92 Å². The van der Waals surface area contributed by atoms with Gasteiger partial charge in [0.2, 0.25) is 10.0 Å². The van der Waals surface area contributed by atoms with Crippen LogP contribution in [-0.2, 0) is 14.8 Å². The number of hydrogen-bond acceptors (Lipinski definition) is 6. The zero-order valence-electron chi connectivity index (χ0n) is 11.0. The lowest BCUT2D eigenvalue weighted by molar-refractivity contribution is -0.384. The van der Waals surface area contributed by atoms with Crippen LogP contribution in [0.4, 0.5) is 5.69 Å². The Labute approximate surface area is 120 Å². The number of rotatable bonds is 7. The van der Waals surface area contributed by atoms with E-state index in [2.05, 4.69) is 4.72 Å². The minimum atomic E-state index is -4.00. The van der Waals surface area contributed by atoms with Gasteiger partial charge < -0.3 is 10.2 Å². The molecule has 0 fully saturated rings. The summed E-state index contributed by atoms with van der Waals surface area (Å²) < 4.78 is 25.9. The highest BCUT2D eigenvalue weighted by Crippen LogP contribution is 2.16. The van der Waals surface area contributed by atoms with Crippen LogP contribution in [0.15, 0.2) is 29.2 Å². The fourth-order valence-electron chi connectivity index (χ4n) is 1.47. The van der Waals surface area contributed by atoms with Crippen molar-refractivity contribution in [2.75, 3.05) is 6.54 Å². The summed E-state index contributed by atoms with van der Waals surface area (Å²) >= 11 is 0. The summed E-state index contributed by atoms with van der Waals surface area (Å²) in [6.07, 6.45) is -0.629. The van der Waals surface area contributed by atoms with Gasteiger partial charge in [-0.2, -0.15) is 0 Å². The van der Waals surface area contributed by atoms with E-state index >= 15 is 0 Å². The van der Waals surface area contributed by atoms with Gasteiger partial charge in [0.25, 0.3) is 5.69 Å². The standard InChI is InChI=1S/C11H14N2O7S/c1-11(16,6-10(14)15)7-12-21(19,20)9-4-2-8(3-5-9)13(17)18/h2-5,12,16H,6-7H2,1H3,(H,14,15). The van der Waals surface area contributed by atoms with Gasteiger partial charge in [-0.25, -0.2) is 13.1 Å². The smallest absolute Gasteiger partial charge is 0.306 e. The van der Waals surface area contributed by atoms with E-state index in [1.54, 1.807) is 0 Å². The van der Waals surface area contributed by atoms with Gasteiger partial charge in [-0.15, -0.1) is 0 Å². The molecule has 0 heterocycles. The van der Waals surface area contributed by atoms with Gasteiger partial charge >= 0.3 is 5.97 Å². The Morgan fingerprint density at radius 2 is 1.90 bits per heavy atom. The van der Waals surface area contributed by atoms with Crippen molar-refractivity contribution in [2.24, 2.45) is 0 Å². The van der Waals surface area contributed by atoms with E-state index in [-0.39, 0.29) is 10.6 Å². The summed E-state index contributed by atoms with van der Waals surface area (Å²) in [6, 6.07) is 4.16. The molecule has 0 aliphatic rings. The minimum absolute atomic E-state index is 0.223. The Balaban J connectivity index is 2.82. The maximum absolute atomic E-state index is 11.9. The SMILES string of the molecule is CC(O)(CNS(=O)(=O)c1ccc([N+](=O)[O-])cc1)CC(=O)O. The molecule has 0 aliphatic carbocycles. The lowest BCUT2D eigenvalue weighted by atomic mass is 10.0. The molecule has 1 rings (SSSR count). The topological polar surface area (TPSA) is 147 Å². The highest BCUT2D eigenvalue weighted by atomic mass is 32.2. The number of nitro benzene ring substituents is 1. The molecule has 1 aromatic rings. The van der Waals surface area contributed by atoms with E-state index in [9.17, 15) is 28.4 Å². The average Bonchev–Trinajstić information content (AvgIpc) is 2.35. The Bertz CT molecular complexity index is 637. The first-order chi connectivity index (χ1) is 9.53. The number of carboxylic acid groups (broad SMARTS) is 1. The van der Waals surface area contributed by atoms with Crippen molar-refractivity contribution in [2.45, 2.75) is 23.8 Å². The second-order valence-corrected chi connectivity index (χ2v) is 6.41. The second-order valence-electron chi connectivity index (χ2n) is 4.64. The highest BCUT2D eigenvalue weighted by molar-refractivity contribution is 7.89. The molecule has 116 valence electrons. The van der Waals surface area contributed by atoms with E-state index in [0.717, 1.165) is 24.3 Å². The van der Waals surface area contributed by atoms with Crippen molar-refractivity contribution < 1.29 is 28.3 Å². The third-order valence-corrected chi connectivity index (χ3v) is 3.95. The van der Waals surface area contributed by atoms with Crippen LogP contribution in [0.3, 0.4) is 0 Å². The number of carboxylic acids is 1. The molecule has 0 radical (unpaired) electrons. The molecular formula is C11H14N2O7S. The van der Waals surface area contributed by atoms with Gasteiger partial charge in [-0.3, -0.25) is 14.9 Å². The van der Waals surface area contributed by atoms with Crippen LogP contribution >= 0.6 is 0 Å². The van der Waals surface area contributed by atoms with Crippen molar-refractivity contribution in [1.29, 1.82) is 0 Å². The molecule has 21 heavy (non-hydrogen) atoms. The van der Waals surface area contributed by atoms with Gasteiger partial charge in [0.15, 0.2) is 0 Å². The molecule has 10 heteroatoms. The number of sulfonamides is 1. The molecule has 1 aromatic carbocycles. The second kappa shape index (κ2) is 6.16. The molecule has 0 aromatic heterocycles. The average molecular weight is 318 g/mol. The van der Waals surface area contributed by atoms with Crippen molar-refractivity contribution >= 4 is 21.7 Å². The van der Waals surface area contributed by atoms with Gasteiger partial charge in [-0.1, -0.05) is 0 Å². The zero-order chi connectivity index (χ0) is 16.3. The molecule has 0 saturated carbocycles. The first-order valence-corrected chi connectivity index (χ1v) is 7.20. The fraction of sp³-hybridized carbons (Fsp3) is 0.364. The van der Waals surface area contributed by atoms with E-state index < -0.39 is 39.5 Å². The van der Waals surface area contributed by atoms with Crippen LogP contribution in [0.25, 0.3) is 0 Å². The first-order valence-electron chi connectivity index (χ1n) is 5.72. The lowest BCUT2D eigenvalue weighted by Crippen LogP contribution is -2.42.